The number of rotatable bonds is 2. The predicted octanol–water partition coefficient (Wildman–Crippen LogP) is 1.53. The Kier molecular flexibility index (Phi) is 3.89. The van der Waals surface area contributed by atoms with Crippen molar-refractivity contribution in [2.24, 2.45) is 0 Å². The Labute approximate surface area is 123 Å². The van der Waals surface area contributed by atoms with E-state index in [1.807, 2.05) is 0 Å². The smallest absolute Gasteiger partial charge is 0.257 e. The van der Waals surface area contributed by atoms with E-state index in [0.29, 0.717) is 18.8 Å². The van der Waals surface area contributed by atoms with Gasteiger partial charge in [0.15, 0.2) is 0 Å². The standard InChI is InChI=1S/C15H19FN2O3/c1-15(2)14(20)17(3)7-8-18(15)13(19)11-6-5-10(21-4)9-12(11)16/h5-6,9H,7-8H2,1-4H3. The largest absolute Gasteiger partial charge is 0.497 e. The lowest BCUT2D eigenvalue weighted by atomic mass is 9.96. The lowest BCUT2D eigenvalue weighted by Gasteiger charge is -2.44. The van der Waals surface area contributed by atoms with Crippen LogP contribution >= 0.6 is 0 Å². The van der Waals surface area contributed by atoms with E-state index in [1.54, 1.807) is 25.8 Å². The topological polar surface area (TPSA) is 49.9 Å². The quantitative estimate of drug-likeness (QED) is 0.831. The van der Waals surface area contributed by atoms with E-state index in [0.717, 1.165) is 6.07 Å². The summed E-state index contributed by atoms with van der Waals surface area (Å²) in [7, 11) is 3.12. The van der Waals surface area contributed by atoms with Crippen molar-refractivity contribution >= 4 is 11.8 Å². The number of amides is 2. The highest BCUT2D eigenvalue weighted by Gasteiger charge is 2.43. The molecule has 2 amide bonds. The van der Waals surface area contributed by atoms with Crippen LogP contribution in [0.1, 0.15) is 24.2 Å². The first-order valence-corrected chi connectivity index (χ1v) is 6.70. The van der Waals surface area contributed by atoms with Crippen LogP contribution in [-0.4, -0.2) is 54.4 Å². The first kappa shape index (κ1) is 15.3. The van der Waals surface area contributed by atoms with Gasteiger partial charge in [0.2, 0.25) is 5.91 Å². The molecule has 1 heterocycles. The van der Waals surface area contributed by atoms with Crippen molar-refractivity contribution in [2.75, 3.05) is 27.2 Å². The summed E-state index contributed by atoms with van der Waals surface area (Å²) in [6.45, 7) is 4.15. The first-order chi connectivity index (χ1) is 9.78. The fraction of sp³-hybridized carbons (Fsp3) is 0.467. The number of halogens is 1. The average molecular weight is 294 g/mol. The van der Waals surface area contributed by atoms with Crippen LogP contribution in [0.15, 0.2) is 18.2 Å². The summed E-state index contributed by atoms with van der Waals surface area (Å²) < 4.78 is 19.0. The maximum Gasteiger partial charge on any atom is 0.257 e. The number of hydrogen-bond acceptors (Lipinski definition) is 3. The molecule has 0 bridgehead atoms. The van der Waals surface area contributed by atoms with Gasteiger partial charge in [0, 0.05) is 26.2 Å². The molecule has 1 aliphatic rings. The first-order valence-electron chi connectivity index (χ1n) is 6.70. The van der Waals surface area contributed by atoms with E-state index >= 15 is 0 Å². The van der Waals surface area contributed by atoms with Gasteiger partial charge < -0.3 is 14.5 Å². The zero-order valence-corrected chi connectivity index (χ0v) is 12.6. The van der Waals surface area contributed by atoms with E-state index in [1.165, 1.54) is 24.1 Å². The Morgan fingerprint density at radius 1 is 1.33 bits per heavy atom. The Morgan fingerprint density at radius 3 is 2.57 bits per heavy atom. The second kappa shape index (κ2) is 5.35. The summed E-state index contributed by atoms with van der Waals surface area (Å²) in [6, 6.07) is 4.08. The summed E-state index contributed by atoms with van der Waals surface area (Å²) in [5.74, 6) is -0.947. The molecule has 0 radical (unpaired) electrons. The van der Waals surface area contributed by atoms with Gasteiger partial charge in [-0.05, 0) is 26.0 Å². The third kappa shape index (κ3) is 2.57. The van der Waals surface area contributed by atoms with Crippen LogP contribution in [0.5, 0.6) is 5.75 Å². The normalized spacial score (nSPS) is 17.9. The number of carbonyl (C=O) groups excluding carboxylic acids is 2. The minimum Gasteiger partial charge on any atom is -0.497 e. The van der Waals surface area contributed by atoms with Gasteiger partial charge in [0.05, 0.1) is 12.7 Å². The summed E-state index contributed by atoms with van der Waals surface area (Å²) in [4.78, 5) is 27.8. The predicted molar refractivity (Wildman–Crippen MR) is 75.7 cm³/mol. The van der Waals surface area contributed by atoms with Gasteiger partial charge in [-0.25, -0.2) is 4.39 Å². The van der Waals surface area contributed by atoms with Crippen molar-refractivity contribution < 1.29 is 18.7 Å². The molecular formula is C15H19FN2O3. The molecular weight excluding hydrogens is 275 g/mol. The zero-order chi connectivity index (χ0) is 15.8. The fourth-order valence-corrected chi connectivity index (χ4v) is 2.51. The van der Waals surface area contributed by atoms with Crippen molar-refractivity contribution in [2.45, 2.75) is 19.4 Å². The van der Waals surface area contributed by atoms with E-state index in [4.69, 9.17) is 4.74 Å². The van der Waals surface area contributed by atoms with E-state index < -0.39 is 17.3 Å². The number of nitrogens with zero attached hydrogens (tertiary/aromatic N) is 2. The van der Waals surface area contributed by atoms with Crippen molar-refractivity contribution in [3.63, 3.8) is 0 Å². The molecule has 0 aliphatic carbocycles. The summed E-state index contributed by atoms with van der Waals surface area (Å²) in [6.07, 6.45) is 0. The number of piperazine rings is 1. The Bertz CT molecular complexity index is 586. The van der Waals surface area contributed by atoms with E-state index in [-0.39, 0.29) is 11.5 Å². The molecule has 1 fully saturated rings. The highest BCUT2D eigenvalue weighted by Crippen LogP contribution is 2.26. The molecule has 0 spiro atoms. The number of hydrogen-bond donors (Lipinski definition) is 0. The third-order valence-corrected chi connectivity index (χ3v) is 3.86. The average Bonchev–Trinajstić information content (AvgIpc) is 2.44. The summed E-state index contributed by atoms with van der Waals surface area (Å²) >= 11 is 0. The minimum absolute atomic E-state index is 0.0544. The van der Waals surface area contributed by atoms with Crippen molar-refractivity contribution in [3.8, 4) is 5.75 Å². The molecule has 5 nitrogen and oxygen atoms in total. The zero-order valence-electron chi connectivity index (χ0n) is 12.6. The lowest BCUT2D eigenvalue weighted by molar-refractivity contribution is -0.144. The minimum atomic E-state index is -0.990. The molecule has 21 heavy (non-hydrogen) atoms. The fourth-order valence-electron chi connectivity index (χ4n) is 2.51. The molecule has 114 valence electrons. The monoisotopic (exact) mass is 294 g/mol. The molecule has 1 aromatic rings. The molecule has 6 heteroatoms. The van der Waals surface area contributed by atoms with Crippen molar-refractivity contribution in [1.29, 1.82) is 0 Å². The highest BCUT2D eigenvalue weighted by atomic mass is 19.1. The van der Waals surface area contributed by atoms with Crippen LogP contribution in [-0.2, 0) is 4.79 Å². The highest BCUT2D eigenvalue weighted by molar-refractivity contribution is 5.99. The van der Waals surface area contributed by atoms with E-state index in [2.05, 4.69) is 0 Å². The maximum atomic E-state index is 14.0. The third-order valence-electron chi connectivity index (χ3n) is 3.86. The maximum absolute atomic E-state index is 14.0. The van der Waals surface area contributed by atoms with Crippen LogP contribution in [0.3, 0.4) is 0 Å². The second-order valence-electron chi connectivity index (χ2n) is 5.59. The molecule has 1 aromatic carbocycles. The Morgan fingerprint density at radius 2 is 2.00 bits per heavy atom. The summed E-state index contributed by atoms with van der Waals surface area (Å²) in [5.41, 5.74) is -1.04. The number of carbonyl (C=O) groups is 2. The number of likely N-dealkylation sites (N-methyl/N-ethyl adjacent to an activating group) is 1. The number of ether oxygens (including phenoxy) is 1. The SMILES string of the molecule is COc1ccc(C(=O)N2CCN(C)C(=O)C2(C)C)c(F)c1. The van der Waals surface area contributed by atoms with Gasteiger partial charge in [0.25, 0.3) is 5.91 Å². The lowest BCUT2D eigenvalue weighted by Crippen LogP contribution is -2.63. The molecule has 1 aliphatic heterocycles. The van der Waals surface area contributed by atoms with Crippen molar-refractivity contribution in [1.82, 2.24) is 9.80 Å². The van der Waals surface area contributed by atoms with Crippen LogP contribution in [0, 0.1) is 5.82 Å². The van der Waals surface area contributed by atoms with Crippen LogP contribution in [0.2, 0.25) is 0 Å². The van der Waals surface area contributed by atoms with Crippen LogP contribution < -0.4 is 4.74 Å². The van der Waals surface area contributed by atoms with Crippen molar-refractivity contribution in [3.05, 3.63) is 29.6 Å². The van der Waals surface area contributed by atoms with Crippen LogP contribution in [0.25, 0.3) is 0 Å². The van der Waals surface area contributed by atoms with Crippen LogP contribution in [0.4, 0.5) is 4.39 Å². The van der Waals surface area contributed by atoms with Gasteiger partial charge in [-0.3, -0.25) is 9.59 Å². The van der Waals surface area contributed by atoms with E-state index in [9.17, 15) is 14.0 Å². The molecule has 0 unspecified atom stereocenters. The van der Waals surface area contributed by atoms with Gasteiger partial charge in [-0.1, -0.05) is 0 Å². The molecule has 1 saturated heterocycles. The van der Waals surface area contributed by atoms with Gasteiger partial charge >= 0.3 is 0 Å². The van der Waals surface area contributed by atoms with Gasteiger partial charge in [-0.15, -0.1) is 0 Å². The Balaban J connectivity index is 2.34. The van der Waals surface area contributed by atoms with Gasteiger partial charge in [-0.2, -0.15) is 0 Å². The van der Waals surface area contributed by atoms with Gasteiger partial charge in [0.1, 0.15) is 17.1 Å². The molecule has 0 aromatic heterocycles. The molecule has 2 rings (SSSR count). The Hall–Kier alpha value is -2.11. The second-order valence-corrected chi connectivity index (χ2v) is 5.59. The number of methoxy groups -OCH3 is 1. The number of benzene rings is 1. The summed E-state index contributed by atoms with van der Waals surface area (Å²) in [5, 5.41) is 0. The molecule has 0 atom stereocenters. The molecule has 0 saturated carbocycles. The molecule has 0 N–H and O–H groups in total.